The summed E-state index contributed by atoms with van der Waals surface area (Å²) >= 11 is 0. The summed E-state index contributed by atoms with van der Waals surface area (Å²) in [6.07, 6.45) is 6.01. The molecule has 0 aromatic carbocycles. The van der Waals surface area contributed by atoms with Crippen LogP contribution in [0.3, 0.4) is 0 Å². The summed E-state index contributed by atoms with van der Waals surface area (Å²) < 4.78 is 0. The molecular formula is C18H25N7. The van der Waals surface area contributed by atoms with E-state index in [1.54, 1.807) is 0 Å². The van der Waals surface area contributed by atoms with Gasteiger partial charge in [0.25, 0.3) is 0 Å². The molecule has 7 heteroatoms. The minimum absolute atomic E-state index is 0.341. The maximum absolute atomic E-state index is 5.89. The summed E-state index contributed by atoms with van der Waals surface area (Å²) in [6, 6.07) is 0. The molecule has 0 amide bonds. The first-order valence-corrected chi connectivity index (χ1v) is 9.16. The lowest BCUT2D eigenvalue weighted by molar-refractivity contribution is 0.708. The fourth-order valence-corrected chi connectivity index (χ4v) is 3.80. The van der Waals surface area contributed by atoms with E-state index in [0.717, 1.165) is 74.8 Å². The standard InChI is InChI=1S/C18H25N7/c1-11-12-3-2-4-14(12)23-16(22-11)7-10-21-17-13-5-8-20-9-6-15(13)24-18(19)25-17/h20H,2-10H2,1H3,(H3,19,21,24,25). The Balaban J connectivity index is 1.47. The Morgan fingerprint density at radius 3 is 2.72 bits per heavy atom. The lowest BCUT2D eigenvalue weighted by Gasteiger charge is -2.13. The van der Waals surface area contributed by atoms with Gasteiger partial charge in [-0.15, -0.1) is 0 Å². The van der Waals surface area contributed by atoms with Crippen molar-refractivity contribution in [2.75, 3.05) is 30.7 Å². The Kier molecular flexibility index (Phi) is 4.48. The average Bonchev–Trinajstić information content (AvgIpc) is 2.93. The monoisotopic (exact) mass is 339 g/mol. The zero-order valence-electron chi connectivity index (χ0n) is 14.7. The van der Waals surface area contributed by atoms with Gasteiger partial charge in [0.05, 0.1) is 5.69 Å². The molecule has 0 bridgehead atoms. The number of nitrogens with two attached hydrogens (primary N) is 1. The van der Waals surface area contributed by atoms with Crippen LogP contribution in [-0.4, -0.2) is 39.6 Å². The van der Waals surface area contributed by atoms with E-state index in [0.29, 0.717) is 5.95 Å². The van der Waals surface area contributed by atoms with Crippen molar-refractivity contribution in [2.45, 2.75) is 45.4 Å². The Hall–Kier alpha value is -2.28. The van der Waals surface area contributed by atoms with Gasteiger partial charge in [0.2, 0.25) is 5.95 Å². The Labute approximate surface area is 147 Å². The molecule has 25 heavy (non-hydrogen) atoms. The van der Waals surface area contributed by atoms with E-state index in [1.807, 2.05) is 0 Å². The lowest BCUT2D eigenvalue weighted by atomic mass is 10.1. The third-order valence-corrected chi connectivity index (χ3v) is 5.03. The number of nitrogens with one attached hydrogen (secondary N) is 2. The highest BCUT2D eigenvalue weighted by atomic mass is 15.1. The first-order valence-electron chi connectivity index (χ1n) is 9.16. The molecule has 0 saturated carbocycles. The van der Waals surface area contributed by atoms with Crippen LogP contribution in [0.2, 0.25) is 0 Å². The van der Waals surface area contributed by atoms with Gasteiger partial charge in [-0.1, -0.05) is 0 Å². The molecule has 3 heterocycles. The molecule has 132 valence electrons. The fraction of sp³-hybridized carbons (Fsp3) is 0.556. The van der Waals surface area contributed by atoms with E-state index < -0.39 is 0 Å². The average molecular weight is 339 g/mol. The summed E-state index contributed by atoms with van der Waals surface area (Å²) in [5.41, 5.74) is 11.9. The minimum atomic E-state index is 0.341. The Morgan fingerprint density at radius 1 is 0.960 bits per heavy atom. The summed E-state index contributed by atoms with van der Waals surface area (Å²) in [4.78, 5) is 18.3. The van der Waals surface area contributed by atoms with Crippen LogP contribution in [0.4, 0.5) is 11.8 Å². The van der Waals surface area contributed by atoms with E-state index in [9.17, 15) is 0 Å². The zero-order valence-corrected chi connectivity index (χ0v) is 14.7. The normalized spacial score (nSPS) is 16.2. The number of hydrogen-bond donors (Lipinski definition) is 3. The molecule has 4 N–H and O–H groups in total. The smallest absolute Gasteiger partial charge is 0.222 e. The highest BCUT2D eigenvalue weighted by molar-refractivity contribution is 5.50. The second-order valence-corrected chi connectivity index (χ2v) is 6.79. The quantitative estimate of drug-likeness (QED) is 0.763. The van der Waals surface area contributed by atoms with Gasteiger partial charge < -0.3 is 16.4 Å². The molecule has 1 aliphatic carbocycles. The molecule has 0 unspecified atom stereocenters. The molecular weight excluding hydrogens is 314 g/mol. The van der Waals surface area contributed by atoms with Gasteiger partial charge in [0.15, 0.2) is 0 Å². The highest BCUT2D eigenvalue weighted by Gasteiger charge is 2.18. The SMILES string of the molecule is Cc1nc(CCNc2nc(N)nc3c2CCNCC3)nc2c1CCC2. The second kappa shape index (κ2) is 6.92. The third kappa shape index (κ3) is 3.42. The van der Waals surface area contributed by atoms with Crippen LogP contribution in [0.1, 0.15) is 40.5 Å². The Morgan fingerprint density at radius 2 is 1.80 bits per heavy atom. The molecule has 0 radical (unpaired) electrons. The molecule has 0 saturated heterocycles. The molecule has 0 atom stereocenters. The molecule has 0 spiro atoms. The van der Waals surface area contributed by atoms with Gasteiger partial charge >= 0.3 is 0 Å². The van der Waals surface area contributed by atoms with Crippen molar-refractivity contribution in [3.05, 3.63) is 34.0 Å². The van der Waals surface area contributed by atoms with Crippen LogP contribution in [0, 0.1) is 6.92 Å². The summed E-state index contributed by atoms with van der Waals surface area (Å²) in [5, 5.41) is 6.83. The summed E-state index contributed by atoms with van der Waals surface area (Å²) in [7, 11) is 0. The van der Waals surface area contributed by atoms with Crippen LogP contribution in [0.15, 0.2) is 0 Å². The van der Waals surface area contributed by atoms with Crippen LogP contribution in [-0.2, 0) is 32.1 Å². The van der Waals surface area contributed by atoms with Crippen LogP contribution >= 0.6 is 0 Å². The molecule has 7 nitrogen and oxygen atoms in total. The van der Waals surface area contributed by atoms with Gasteiger partial charge in [0.1, 0.15) is 11.6 Å². The predicted octanol–water partition coefficient (Wildman–Crippen LogP) is 0.989. The van der Waals surface area contributed by atoms with Crippen molar-refractivity contribution in [3.63, 3.8) is 0 Å². The maximum Gasteiger partial charge on any atom is 0.222 e. The topological polar surface area (TPSA) is 102 Å². The largest absolute Gasteiger partial charge is 0.369 e. The number of rotatable bonds is 4. The van der Waals surface area contributed by atoms with Crippen molar-refractivity contribution in [1.29, 1.82) is 0 Å². The molecule has 4 rings (SSSR count). The number of anilines is 2. The predicted molar refractivity (Wildman–Crippen MR) is 97.7 cm³/mol. The highest BCUT2D eigenvalue weighted by Crippen LogP contribution is 2.23. The van der Waals surface area contributed by atoms with Gasteiger partial charge in [-0.25, -0.2) is 15.0 Å². The number of hydrogen-bond acceptors (Lipinski definition) is 7. The second-order valence-electron chi connectivity index (χ2n) is 6.79. The van der Waals surface area contributed by atoms with Crippen molar-refractivity contribution in [1.82, 2.24) is 25.3 Å². The van der Waals surface area contributed by atoms with Crippen molar-refractivity contribution >= 4 is 11.8 Å². The number of nitrogens with zero attached hydrogens (tertiary/aromatic N) is 4. The van der Waals surface area contributed by atoms with E-state index in [4.69, 9.17) is 10.7 Å². The van der Waals surface area contributed by atoms with Crippen LogP contribution in [0.25, 0.3) is 0 Å². The van der Waals surface area contributed by atoms with Gasteiger partial charge in [-0.05, 0) is 44.7 Å². The van der Waals surface area contributed by atoms with Crippen LogP contribution in [0.5, 0.6) is 0 Å². The molecule has 2 aromatic heterocycles. The van der Waals surface area contributed by atoms with Gasteiger partial charge in [-0.2, -0.15) is 4.98 Å². The third-order valence-electron chi connectivity index (χ3n) is 5.03. The molecule has 0 fully saturated rings. The van der Waals surface area contributed by atoms with E-state index >= 15 is 0 Å². The van der Waals surface area contributed by atoms with Crippen molar-refractivity contribution < 1.29 is 0 Å². The first kappa shape index (κ1) is 16.2. The van der Waals surface area contributed by atoms with E-state index in [1.165, 1.54) is 23.2 Å². The molecule has 1 aliphatic heterocycles. The number of aromatic nitrogens is 4. The molecule has 2 aliphatic rings. The lowest BCUT2D eigenvalue weighted by Crippen LogP contribution is -2.16. The van der Waals surface area contributed by atoms with E-state index in [-0.39, 0.29) is 0 Å². The Bertz CT molecular complexity index is 787. The minimum Gasteiger partial charge on any atom is -0.369 e. The van der Waals surface area contributed by atoms with Crippen LogP contribution < -0.4 is 16.4 Å². The fourth-order valence-electron chi connectivity index (χ4n) is 3.80. The van der Waals surface area contributed by atoms with Crippen molar-refractivity contribution in [2.24, 2.45) is 0 Å². The zero-order chi connectivity index (χ0) is 17.2. The van der Waals surface area contributed by atoms with Gasteiger partial charge in [-0.3, -0.25) is 0 Å². The van der Waals surface area contributed by atoms with Gasteiger partial charge in [0, 0.05) is 42.9 Å². The number of fused-ring (bicyclic) bond motifs is 2. The van der Waals surface area contributed by atoms with Crippen molar-refractivity contribution in [3.8, 4) is 0 Å². The number of nitrogen functional groups attached to an aromatic ring is 1. The molecule has 2 aromatic rings. The van der Waals surface area contributed by atoms with E-state index in [2.05, 4.69) is 32.5 Å². The summed E-state index contributed by atoms with van der Waals surface area (Å²) in [5.74, 6) is 2.12. The number of aryl methyl sites for hydroxylation is 2. The summed E-state index contributed by atoms with van der Waals surface area (Å²) in [6.45, 7) is 4.72. The maximum atomic E-state index is 5.89. The first-order chi connectivity index (χ1) is 12.2.